The van der Waals surface area contributed by atoms with Crippen molar-refractivity contribution in [2.45, 2.75) is 63.3 Å². The molecule has 0 aliphatic carbocycles. The number of amides is 4. The van der Waals surface area contributed by atoms with Crippen molar-refractivity contribution in [2.24, 2.45) is 0 Å². The summed E-state index contributed by atoms with van der Waals surface area (Å²) in [6.07, 6.45) is -1.77. The fourth-order valence-electron chi connectivity index (χ4n) is 10.5. The molecule has 4 atom stereocenters. The number of anilines is 2. The lowest BCUT2D eigenvalue weighted by Gasteiger charge is -2.46. The van der Waals surface area contributed by atoms with Gasteiger partial charge in [-0.05, 0) is 55.7 Å². The fraction of sp³-hybridized carbons (Fsp3) is 0.455. The Morgan fingerprint density at radius 3 is 2.46 bits per heavy atom. The van der Waals surface area contributed by atoms with Crippen LogP contribution in [0.15, 0.2) is 48.5 Å². The quantitative estimate of drug-likeness (QED) is 0.210. The fourth-order valence-corrected chi connectivity index (χ4v) is 10.5. The molecule has 1 aromatic heterocycles. The number of piperazine rings is 2. The number of carbonyl (C=O) groups excluding carboxylic acids is 4. The topological polar surface area (TPSA) is 125 Å². The molecule has 0 radical (unpaired) electrons. The van der Waals surface area contributed by atoms with Crippen LogP contribution in [0.3, 0.4) is 0 Å². The first-order chi connectivity index (χ1) is 29.4. The van der Waals surface area contributed by atoms with Crippen LogP contribution in [-0.2, 0) is 27.3 Å². The van der Waals surface area contributed by atoms with Crippen LogP contribution in [-0.4, -0.2) is 138 Å². The Bertz CT molecular complexity index is 2430. The molecule has 10 rings (SSSR count). The largest absolute Gasteiger partial charge is 0.489 e. The van der Waals surface area contributed by atoms with Crippen LogP contribution in [0.5, 0.6) is 5.75 Å². The third kappa shape index (κ3) is 6.85. The number of aromatic nitrogens is 1. The zero-order chi connectivity index (χ0) is 42.3. The van der Waals surface area contributed by atoms with E-state index < -0.39 is 42.6 Å². The first-order valence-electron chi connectivity index (χ1n) is 21.0. The molecule has 0 spiro atoms. The van der Waals surface area contributed by atoms with Gasteiger partial charge in [-0.15, -0.1) is 0 Å². The van der Waals surface area contributed by atoms with Gasteiger partial charge in [-0.3, -0.25) is 34.3 Å². The second kappa shape index (κ2) is 15.3. The number of alkyl halides is 2. The first kappa shape index (κ1) is 39.5. The lowest BCUT2D eigenvalue weighted by Crippen LogP contribution is -2.59. The highest BCUT2D eigenvalue weighted by molar-refractivity contribution is 6.06. The molecule has 320 valence electrons. The van der Waals surface area contributed by atoms with Crippen LogP contribution in [0.25, 0.3) is 10.9 Å². The number of aromatic amines is 1. The van der Waals surface area contributed by atoms with Gasteiger partial charge < -0.3 is 29.3 Å². The van der Waals surface area contributed by atoms with E-state index in [1.165, 1.54) is 21.9 Å². The van der Waals surface area contributed by atoms with E-state index in [-0.39, 0.29) is 61.3 Å². The van der Waals surface area contributed by atoms with E-state index in [0.29, 0.717) is 81.5 Å². The molecule has 3 saturated heterocycles. The van der Waals surface area contributed by atoms with E-state index in [0.717, 1.165) is 27.7 Å². The number of fused-ring (bicyclic) bond motifs is 8. The summed E-state index contributed by atoms with van der Waals surface area (Å²) >= 11 is 0. The zero-order valence-electron chi connectivity index (χ0n) is 33.6. The standard InChI is InChI=1S/C44H46F4N8O5/c1-24-16-29-27-4-2-3-5-33(27)49-40(29)41(55(24)21-36(47)48)39-31(45)17-25(18-32(39)46)52-11-13-53(14-12-52)38(58)22-51-10-15-54-26(19-51)23-61-42-30-20-56(35-8-9-37(57)50-43(35)59)44(60)28(30)6-7-34(42)54/h2-7,17-18,24,26,35-36,41,49H,8-16,19-23H2,1H3,(H,50,57,59)/t24-,26-,35?,41-/m1/s1. The van der Waals surface area contributed by atoms with E-state index in [4.69, 9.17) is 4.74 Å². The van der Waals surface area contributed by atoms with Gasteiger partial charge in [0.2, 0.25) is 17.7 Å². The summed E-state index contributed by atoms with van der Waals surface area (Å²) in [6.45, 7) is 5.28. The SMILES string of the molecule is C[C@@H]1Cc2c([nH]c3ccccc23)[C@@H](c2c(F)cc(N3CCN(C(=O)CN4CCN5c6ccc7c(c6OC[C@H]5C4)CN(C4CCC(=O)NC4=O)C7=O)CC3)cc2F)N1CC(F)F. The van der Waals surface area contributed by atoms with E-state index in [1.54, 1.807) is 11.0 Å². The maximum absolute atomic E-state index is 16.3. The molecule has 4 amide bonds. The molecule has 6 aliphatic heterocycles. The Kier molecular flexibility index (Phi) is 9.93. The smallest absolute Gasteiger partial charge is 0.255 e. The van der Waals surface area contributed by atoms with Crippen molar-refractivity contribution in [2.75, 3.05) is 75.3 Å². The Morgan fingerprint density at radius 2 is 1.70 bits per heavy atom. The highest BCUT2D eigenvalue weighted by atomic mass is 19.3. The summed E-state index contributed by atoms with van der Waals surface area (Å²) in [7, 11) is 0. The first-order valence-corrected chi connectivity index (χ1v) is 21.0. The van der Waals surface area contributed by atoms with Gasteiger partial charge in [-0.1, -0.05) is 18.2 Å². The number of carbonyl (C=O) groups is 4. The van der Waals surface area contributed by atoms with Gasteiger partial charge in [0.25, 0.3) is 12.3 Å². The maximum Gasteiger partial charge on any atom is 0.255 e. The molecule has 2 N–H and O–H groups in total. The van der Waals surface area contributed by atoms with Crippen LogP contribution < -0.4 is 19.9 Å². The molecule has 61 heavy (non-hydrogen) atoms. The number of nitrogens with zero attached hydrogens (tertiary/aromatic N) is 6. The van der Waals surface area contributed by atoms with Gasteiger partial charge in [-0.2, -0.15) is 0 Å². The van der Waals surface area contributed by atoms with E-state index in [1.807, 2.05) is 42.2 Å². The van der Waals surface area contributed by atoms with Crippen LogP contribution in [0.4, 0.5) is 28.9 Å². The van der Waals surface area contributed by atoms with Gasteiger partial charge in [0, 0.05) is 97.3 Å². The number of halogens is 4. The van der Waals surface area contributed by atoms with Gasteiger partial charge in [0.05, 0.1) is 37.4 Å². The lowest BCUT2D eigenvalue weighted by atomic mass is 9.88. The molecule has 13 nitrogen and oxygen atoms in total. The predicted molar refractivity (Wildman–Crippen MR) is 217 cm³/mol. The van der Waals surface area contributed by atoms with Crippen LogP contribution in [0.1, 0.15) is 58.5 Å². The second-order valence-electron chi connectivity index (χ2n) is 17.0. The molecule has 0 saturated carbocycles. The third-order valence-corrected chi connectivity index (χ3v) is 13.5. The van der Waals surface area contributed by atoms with Crippen LogP contribution >= 0.6 is 0 Å². The Morgan fingerprint density at radius 1 is 0.934 bits per heavy atom. The molecule has 6 aliphatic rings. The van der Waals surface area contributed by atoms with Crippen molar-refractivity contribution in [3.8, 4) is 5.75 Å². The normalized spacial score (nSPS) is 24.5. The molecule has 3 fully saturated rings. The molecule has 17 heteroatoms. The number of nitrogens with one attached hydrogen (secondary N) is 2. The predicted octanol–water partition coefficient (Wildman–Crippen LogP) is 4.04. The minimum atomic E-state index is -2.69. The van der Waals surface area contributed by atoms with E-state index in [9.17, 15) is 28.0 Å². The second-order valence-corrected chi connectivity index (χ2v) is 17.0. The molecule has 4 aromatic rings. The summed E-state index contributed by atoms with van der Waals surface area (Å²) in [5.41, 5.74) is 4.37. The van der Waals surface area contributed by atoms with Crippen molar-refractivity contribution >= 4 is 45.9 Å². The number of benzene rings is 3. The van der Waals surface area contributed by atoms with Gasteiger partial charge in [0.1, 0.15) is 30.0 Å². The number of H-pyrrole nitrogens is 1. The Balaban J connectivity index is 0.775. The molecule has 3 aromatic carbocycles. The van der Waals surface area contributed by atoms with E-state index >= 15 is 8.78 Å². The average Bonchev–Trinajstić information content (AvgIpc) is 3.78. The van der Waals surface area contributed by atoms with Crippen LogP contribution in [0, 0.1) is 11.6 Å². The van der Waals surface area contributed by atoms with Gasteiger partial charge >= 0.3 is 0 Å². The number of para-hydroxylation sites is 1. The minimum absolute atomic E-state index is 0.0259. The van der Waals surface area contributed by atoms with Crippen molar-refractivity contribution in [3.05, 3.63) is 88.1 Å². The van der Waals surface area contributed by atoms with Gasteiger partial charge in [-0.25, -0.2) is 17.6 Å². The number of hydrogen-bond acceptors (Lipinski definition) is 9. The molecule has 0 bridgehead atoms. The van der Waals surface area contributed by atoms with Crippen molar-refractivity contribution in [1.82, 2.24) is 29.9 Å². The Hall–Kier alpha value is -5.68. The number of imide groups is 1. The van der Waals surface area contributed by atoms with E-state index in [2.05, 4.69) is 20.1 Å². The molecule has 7 heterocycles. The summed E-state index contributed by atoms with van der Waals surface area (Å²) < 4.78 is 66.7. The summed E-state index contributed by atoms with van der Waals surface area (Å²) in [5, 5.41) is 3.25. The maximum atomic E-state index is 16.3. The monoisotopic (exact) mass is 842 g/mol. The minimum Gasteiger partial charge on any atom is -0.489 e. The molecule has 1 unspecified atom stereocenters. The van der Waals surface area contributed by atoms with Crippen molar-refractivity contribution in [1.29, 1.82) is 0 Å². The summed E-state index contributed by atoms with van der Waals surface area (Å²) in [4.78, 5) is 65.5. The third-order valence-electron chi connectivity index (χ3n) is 13.5. The highest BCUT2D eigenvalue weighted by Crippen LogP contribution is 2.45. The molecular weight excluding hydrogens is 797 g/mol. The molecular formula is C44H46F4N8O5. The summed E-state index contributed by atoms with van der Waals surface area (Å²) in [5.74, 6) is -2.08. The number of rotatable bonds is 7. The van der Waals surface area contributed by atoms with Crippen molar-refractivity contribution in [3.63, 3.8) is 0 Å². The zero-order valence-corrected chi connectivity index (χ0v) is 33.6. The van der Waals surface area contributed by atoms with Crippen molar-refractivity contribution < 1.29 is 41.5 Å². The van der Waals surface area contributed by atoms with Gasteiger partial charge in [0.15, 0.2) is 0 Å². The Labute approximate surface area is 349 Å². The number of ether oxygens (including phenoxy) is 1. The highest BCUT2D eigenvalue weighted by Gasteiger charge is 2.44. The number of piperidine rings is 1. The van der Waals surface area contributed by atoms with Crippen LogP contribution in [0.2, 0.25) is 0 Å². The average molecular weight is 843 g/mol. The number of hydrogen-bond donors (Lipinski definition) is 2. The summed E-state index contributed by atoms with van der Waals surface area (Å²) in [6, 6.07) is 11.6. The lowest BCUT2D eigenvalue weighted by molar-refractivity contribution is -0.137.